The quantitative estimate of drug-likeness (QED) is 0.174. The molecule has 0 heterocycles. The van der Waals surface area contributed by atoms with Crippen molar-refractivity contribution in [2.45, 2.75) is 44.2 Å². The predicted molar refractivity (Wildman–Crippen MR) is 179 cm³/mol. The van der Waals surface area contributed by atoms with Crippen LogP contribution in [-0.2, 0) is 32.6 Å². The number of anilines is 1. The fourth-order valence-corrected chi connectivity index (χ4v) is 6.58. The molecule has 1 N–H and O–H groups in total. The number of carbonyl (C=O) groups excluding carboxylic acids is 2. The van der Waals surface area contributed by atoms with Crippen molar-refractivity contribution in [1.82, 2.24) is 10.2 Å². The van der Waals surface area contributed by atoms with Gasteiger partial charge in [-0.3, -0.25) is 13.9 Å². The topological polar surface area (TPSA) is 86.8 Å². The van der Waals surface area contributed by atoms with Crippen molar-refractivity contribution < 1.29 is 18.0 Å². The van der Waals surface area contributed by atoms with Gasteiger partial charge in [-0.2, -0.15) is 0 Å². The first-order valence-corrected chi connectivity index (χ1v) is 16.7. The summed E-state index contributed by atoms with van der Waals surface area (Å²) in [4.78, 5) is 29.7. The molecule has 0 aliphatic heterocycles. The molecule has 4 aromatic carbocycles. The van der Waals surface area contributed by atoms with Gasteiger partial charge < -0.3 is 10.2 Å². The molecule has 0 saturated heterocycles. The molecular formula is C34H36IN3O4S. The van der Waals surface area contributed by atoms with Gasteiger partial charge in [0.15, 0.2) is 0 Å². The zero-order valence-corrected chi connectivity index (χ0v) is 27.3. The zero-order valence-electron chi connectivity index (χ0n) is 24.3. The number of rotatable bonds is 13. The van der Waals surface area contributed by atoms with Gasteiger partial charge in [0.25, 0.3) is 10.0 Å². The number of aryl methyl sites for hydroxylation is 1. The van der Waals surface area contributed by atoms with Crippen LogP contribution in [-0.4, -0.2) is 44.3 Å². The van der Waals surface area contributed by atoms with Crippen LogP contribution in [0.2, 0.25) is 0 Å². The van der Waals surface area contributed by atoms with E-state index in [1.54, 1.807) is 42.5 Å². The van der Waals surface area contributed by atoms with Crippen LogP contribution in [0.3, 0.4) is 0 Å². The molecule has 224 valence electrons. The molecule has 4 aromatic rings. The fourth-order valence-electron chi connectivity index (χ4n) is 4.78. The summed E-state index contributed by atoms with van der Waals surface area (Å²) >= 11 is 2.15. The number of nitrogens with one attached hydrogen (secondary N) is 1. The van der Waals surface area contributed by atoms with Gasteiger partial charge in [-0.05, 0) is 83.5 Å². The molecule has 4 rings (SSSR count). The van der Waals surface area contributed by atoms with Crippen molar-refractivity contribution in [3.05, 3.63) is 129 Å². The molecule has 0 aliphatic carbocycles. The average Bonchev–Trinajstić information content (AvgIpc) is 3.01. The molecule has 0 fully saturated rings. The van der Waals surface area contributed by atoms with E-state index in [-0.39, 0.29) is 23.8 Å². The second-order valence-electron chi connectivity index (χ2n) is 10.3. The van der Waals surface area contributed by atoms with Gasteiger partial charge in [0.05, 0.1) is 10.6 Å². The van der Waals surface area contributed by atoms with Crippen LogP contribution in [0.4, 0.5) is 5.69 Å². The van der Waals surface area contributed by atoms with Crippen LogP contribution in [0, 0.1) is 10.5 Å². The summed E-state index contributed by atoms with van der Waals surface area (Å²) in [6.45, 7) is 4.07. The number of amides is 2. The van der Waals surface area contributed by atoms with Crippen molar-refractivity contribution >= 4 is 50.1 Å². The second kappa shape index (κ2) is 15.2. The van der Waals surface area contributed by atoms with Crippen molar-refractivity contribution in [1.29, 1.82) is 0 Å². The summed E-state index contributed by atoms with van der Waals surface area (Å²) in [6.07, 6.45) is 1.02. The Kier molecular flexibility index (Phi) is 11.4. The Hall–Kier alpha value is -3.70. The maximum absolute atomic E-state index is 14.4. The minimum Gasteiger partial charge on any atom is -0.354 e. The van der Waals surface area contributed by atoms with E-state index < -0.39 is 28.5 Å². The molecule has 9 heteroatoms. The summed E-state index contributed by atoms with van der Waals surface area (Å²) in [5.41, 5.74) is 3.13. The SMILES string of the molecule is CCCNC(=O)[C@H](Cc1ccccc1)N(Cc1cccc(C)c1)C(=O)CN(c1ccc(I)cc1)S(=O)(=O)c1ccccc1. The molecular weight excluding hydrogens is 673 g/mol. The number of hydrogen-bond donors (Lipinski definition) is 1. The Bertz CT molecular complexity index is 1610. The number of carbonyl (C=O) groups is 2. The predicted octanol–water partition coefficient (Wildman–Crippen LogP) is 5.96. The number of hydrogen-bond acceptors (Lipinski definition) is 4. The molecule has 0 saturated carbocycles. The molecule has 0 aliphatic rings. The maximum atomic E-state index is 14.4. The first kappa shape index (κ1) is 32.2. The first-order valence-electron chi connectivity index (χ1n) is 14.2. The van der Waals surface area contributed by atoms with E-state index in [9.17, 15) is 18.0 Å². The van der Waals surface area contributed by atoms with Gasteiger partial charge in [-0.1, -0.05) is 85.3 Å². The lowest BCUT2D eigenvalue weighted by Crippen LogP contribution is -2.53. The lowest BCUT2D eigenvalue weighted by Gasteiger charge is -2.34. The van der Waals surface area contributed by atoms with Crippen LogP contribution in [0.1, 0.15) is 30.0 Å². The van der Waals surface area contributed by atoms with Gasteiger partial charge in [0.1, 0.15) is 12.6 Å². The minimum absolute atomic E-state index is 0.0770. The molecule has 2 amide bonds. The number of benzene rings is 4. The van der Waals surface area contributed by atoms with Crippen LogP contribution in [0.25, 0.3) is 0 Å². The third-order valence-electron chi connectivity index (χ3n) is 6.98. The van der Waals surface area contributed by atoms with E-state index in [4.69, 9.17) is 0 Å². The molecule has 0 spiro atoms. The summed E-state index contributed by atoms with van der Waals surface area (Å²) in [5, 5.41) is 2.97. The third-order valence-corrected chi connectivity index (χ3v) is 9.49. The van der Waals surface area contributed by atoms with Crippen LogP contribution < -0.4 is 9.62 Å². The molecule has 7 nitrogen and oxygen atoms in total. The highest BCUT2D eigenvalue weighted by Crippen LogP contribution is 2.26. The molecule has 43 heavy (non-hydrogen) atoms. The summed E-state index contributed by atoms with van der Waals surface area (Å²) in [5.74, 6) is -0.759. The third kappa shape index (κ3) is 8.67. The lowest BCUT2D eigenvalue weighted by molar-refractivity contribution is -0.140. The maximum Gasteiger partial charge on any atom is 0.264 e. The van der Waals surface area contributed by atoms with Crippen molar-refractivity contribution in [3.8, 4) is 0 Å². The molecule has 1 atom stereocenters. The number of nitrogens with zero attached hydrogens (tertiary/aromatic N) is 2. The average molecular weight is 710 g/mol. The van der Waals surface area contributed by atoms with E-state index in [2.05, 4.69) is 27.9 Å². The highest BCUT2D eigenvalue weighted by atomic mass is 127. The lowest BCUT2D eigenvalue weighted by atomic mass is 10.0. The normalized spacial score (nSPS) is 11.9. The standard InChI is InChI=1S/C34H36IN3O4S/c1-3-21-36-34(40)32(23-27-12-6-4-7-13-27)37(24-28-14-10-11-26(2)22-28)33(39)25-38(30-19-17-29(35)18-20-30)43(41,42)31-15-8-5-9-16-31/h4-20,22,32H,3,21,23-25H2,1-2H3,(H,36,40)/t32-/m0/s1. The monoisotopic (exact) mass is 709 g/mol. The van der Waals surface area contributed by atoms with Gasteiger partial charge in [0.2, 0.25) is 11.8 Å². The van der Waals surface area contributed by atoms with Gasteiger partial charge in [-0.15, -0.1) is 0 Å². The smallest absolute Gasteiger partial charge is 0.264 e. The van der Waals surface area contributed by atoms with E-state index in [0.717, 1.165) is 31.0 Å². The number of sulfonamides is 1. The Morgan fingerprint density at radius 3 is 2.09 bits per heavy atom. The minimum atomic E-state index is -4.11. The highest BCUT2D eigenvalue weighted by Gasteiger charge is 2.34. The van der Waals surface area contributed by atoms with Gasteiger partial charge >= 0.3 is 0 Å². The largest absolute Gasteiger partial charge is 0.354 e. The first-order chi connectivity index (χ1) is 20.7. The van der Waals surface area contributed by atoms with Crippen molar-refractivity contribution in [3.63, 3.8) is 0 Å². The van der Waals surface area contributed by atoms with E-state index >= 15 is 0 Å². The summed E-state index contributed by atoms with van der Waals surface area (Å²) in [7, 11) is -4.11. The Labute approximate surface area is 268 Å². The van der Waals surface area contributed by atoms with Crippen LogP contribution >= 0.6 is 22.6 Å². The molecule has 0 unspecified atom stereocenters. The Morgan fingerprint density at radius 2 is 1.47 bits per heavy atom. The Morgan fingerprint density at radius 1 is 0.837 bits per heavy atom. The molecule has 0 aromatic heterocycles. The van der Waals surface area contributed by atoms with Crippen LogP contribution in [0.15, 0.2) is 114 Å². The molecule has 0 radical (unpaired) electrons. The highest BCUT2D eigenvalue weighted by molar-refractivity contribution is 14.1. The molecule has 0 bridgehead atoms. The number of halogens is 1. The van der Waals surface area contributed by atoms with Gasteiger partial charge in [0, 0.05) is 23.1 Å². The summed E-state index contributed by atoms with van der Waals surface area (Å²) < 4.78 is 30.0. The van der Waals surface area contributed by atoms with E-state index in [1.807, 2.05) is 68.4 Å². The Balaban J connectivity index is 1.78. The van der Waals surface area contributed by atoms with Gasteiger partial charge in [-0.25, -0.2) is 8.42 Å². The fraction of sp³-hybridized carbons (Fsp3) is 0.235. The van der Waals surface area contributed by atoms with Crippen LogP contribution in [0.5, 0.6) is 0 Å². The van der Waals surface area contributed by atoms with Crippen molar-refractivity contribution in [2.75, 3.05) is 17.4 Å². The van der Waals surface area contributed by atoms with E-state index in [1.165, 1.54) is 17.0 Å². The zero-order chi connectivity index (χ0) is 30.8. The second-order valence-corrected chi connectivity index (χ2v) is 13.4. The summed E-state index contributed by atoms with van der Waals surface area (Å²) in [6, 6.07) is 31.5. The van der Waals surface area contributed by atoms with Crippen molar-refractivity contribution in [2.24, 2.45) is 0 Å². The van der Waals surface area contributed by atoms with E-state index in [0.29, 0.717) is 12.2 Å².